The maximum Gasteiger partial charge on any atom is 0.305 e. The van der Waals surface area contributed by atoms with Crippen molar-refractivity contribution in [3.05, 3.63) is 33.2 Å². The summed E-state index contributed by atoms with van der Waals surface area (Å²) in [6, 6.07) is 1.24. The highest BCUT2D eigenvalue weighted by molar-refractivity contribution is 5.95. The van der Waals surface area contributed by atoms with Crippen LogP contribution in [0.4, 0.5) is 0 Å². The van der Waals surface area contributed by atoms with Crippen LogP contribution >= 0.6 is 0 Å². The van der Waals surface area contributed by atoms with Gasteiger partial charge in [0, 0.05) is 11.7 Å². The van der Waals surface area contributed by atoms with E-state index in [9.17, 15) is 14.4 Å². The maximum atomic E-state index is 12.1. The molecule has 1 aromatic rings. The molecule has 0 saturated heterocycles. The Morgan fingerprint density at radius 1 is 1.40 bits per heavy atom. The molecule has 1 unspecified atom stereocenters. The van der Waals surface area contributed by atoms with Crippen LogP contribution in [0.3, 0.4) is 0 Å². The fraction of sp³-hybridized carbons (Fsp3) is 0.500. The first-order chi connectivity index (χ1) is 9.35. The van der Waals surface area contributed by atoms with Gasteiger partial charge in [0.1, 0.15) is 5.56 Å². The van der Waals surface area contributed by atoms with Gasteiger partial charge >= 0.3 is 5.97 Å². The van der Waals surface area contributed by atoms with Crippen molar-refractivity contribution in [3.63, 3.8) is 0 Å². The van der Waals surface area contributed by atoms with Crippen molar-refractivity contribution in [2.75, 3.05) is 0 Å². The predicted molar refractivity (Wildman–Crippen MR) is 75.0 cm³/mol. The molecule has 0 saturated carbocycles. The van der Waals surface area contributed by atoms with Crippen molar-refractivity contribution in [3.8, 4) is 0 Å². The average Bonchev–Trinajstić information content (AvgIpc) is 2.26. The number of amides is 1. The minimum atomic E-state index is -0.974. The lowest BCUT2D eigenvalue weighted by Gasteiger charge is -2.16. The number of hydrogen-bond donors (Lipinski definition) is 3. The molecule has 20 heavy (non-hydrogen) atoms. The number of pyridine rings is 1. The SMILES string of the molecule is CCCC(CC(=O)O)NC(=O)c1c(C)cc(C)[nH]c1=O. The van der Waals surface area contributed by atoms with E-state index in [1.54, 1.807) is 19.9 Å². The van der Waals surface area contributed by atoms with Gasteiger partial charge < -0.3 is 15.4 Å². The number of aromatic nitrogens is 1. The molecule has 1 heterocycles. The summed E-state index contributed by atoms with van der Waals surface area (Å²) in [5, 5.41) is 11.4. The summed E-state index contributed by atoms with van der Waals surface area (Å²) in [6.07, 6.45) is 1.16. The molecule has 110 valence electrons. The van der Waals surface area contributed by atoms with Crippen molar-refractivity contribution in [2.24, 2.45) is 0 Å². The molecule has 1 atom stereocenters. The second-order valence-electron chi connectivity index (χ2n) is 4.90. The van der Waals surface area contributed by atoms with Crippen LogP contribution in [0.1, 0.15) is 47.8 Å². The molecule has 0 aliphatic heterocycles. The lowest BCUT2D eigenvalue weighted by Crippen LogP contribution is -2.39. The molecule has 0 bridgehead atoms. The summed E-state index contributed by atoms with van der Waals surface area (Å²) in [5.74, 6) is -1.50. The summed E-state index contributed by atoms with van der Waals surface area (Å²) in [4.78, 5) is 37.3. The summed E-state index contributed by atoms with van der Waals surface area (Å²) in [7, 11) is 0. The van der Waals surface area contributed by atoms with Gasteiger partial charge in [0.2, 0.25) is 0 Å². The number of rotatable bonds is 6. The highest BCUT2D eigenvalue weighted by Gasteiger charge is 2.19. The van der Waals surface area contributed by atoms with Gasteiger partial charge in [-0.3, -0.25) is 14.4 Å². The molecule has 6 nitrogen and oxygen atoms in total. The van der Waals surface area contributed by atoms with E-state index < -0.39 is 23.5 Å². The van der Waals surface area contributed by atoms with Crippen LogP contribution in [0.25, 0.3) is 0 Å². The third kappa shape index (κ3) is 4.22. The summed E-state index contributed by atoms with van der Waals surface area (Å²) in [6.45, 7) is 5.33. The molecule has 1 aromatic heterocycles. The number of aryl methyl sites for hydroxylation is 2. The van der Waals surface area contributed by atoms with Crippen molar-refractivity contribution in [1.29, 1.82) is 0 Å². The first kappa shape index (κ1) is 15.9. The van der Waals surface area contributed by atoms with Crippen molar-refractivity contribution >= 4 is 11.9 Å². The van der Waals surface area contributed by atoms with Crippen molar-refractivity contribution in [2.45, 2.75) is 46.1 Å². The quantitative estimate of drug-likeness (QED) is 0.732. The smallest absolute Gasteiger partial charge is 0.305 e. The van der Waals surface area contributed by atoms with Gasteiger partial charge in [-0.2, -0.15) is 0 Å². The largest absolute Gasteiger partial charge is 0.481 e. The van der Waals surface area contributed by atoms with Crippen LogP contribution < -0.4 is 10.9 Å². The molecular formula is C14H20N2O4. The normalized spacial score (nSPS) is 11.9. The molecular weight excluding hydrogens is 260 g/mol. The zero-order valence-electron chi connectivity index (χ0n) is 11.9. The number of carboxylic acid groups (broad SMARTS) is 1. The van der Waals surface area contributed by atoms with Gasteiger partial charge in [0.25, 0.3) is 11.5 Å². The average molecular weight is 280 g/mol. The van der Waals surface area contributed by atoms with E-state index in [0.29, 0.717) is 17.7 Å². The Bertz CT molecular complexity index is 563. The van der Waals surface area contributed by atoms with Crippen LogP contribution in [0.15, 0.2) is 10.9 Å². The summed E-state index contributed by atoms with van der Waals surface area (Å²) >= 11 is 0. The first-order valence-electron chi connectivity index (χ1n) is 6.58. The third-order valence-electron chi connectivity index (χ3n) is 2.99. The van der Waals surface area contributed by atoms with Crippen LogP contribution in [-0.2, 0) is 4.79 Å². The van der Waals surface area contributed by atoms with E-state index in [1.807, 2.05) is 6.92 Å². The molecule has 0 spiro atoms. The van der Waals surface area contributed by atoms with Crippen molar-refractivity contribution < 1.29 is 14.7 Å². The molecule has 1 rings (SSSR count). The van der Waals surface area contributed by atoms with E-state index in [0.717, 1.165) is 6.42 Å². The Balaban J connectivity index is 2.94. The van der Waals surface area contributed by atoms with Crippen LogP contribution in [0.2, 0.25) is 0 Å². The fourth-order valence-electron chi connectivity index (χ4n) is 2.18. The second-order valence-corrected chi connectivity index (χ2v) is 4.90. The standard InChI is InChI=1S/C14H20N2O4/c1-4-5-10(7-11(17)18)16-14(20)12-8(2)6-9(3)15-13(12)19/h6,10H,4-5,7H2,1-3H3,(H,15,19)(H,16,20)(H,17,18). The molecule has 6 heteroatoms. The van der Waals surface area contributed by atoms with Gasteiger partial charge in [-0.1, -0.05) is 13.3 Å². The zero-order chi connectivity index (χ0) is 15.3. The van der Waals surface area contributed by atoms with Gasteiger partial charge in [0.15, 0.2) is 0 Å². The maximum absolute atomic E-state index is 12.1. The molecule has 0 radical (unpaired) electrons. The monoisotopic (exact) mass is 280 g/mol. The minimum Gasteiger partial charge on any atom is -0.481 e. The van der Waals surface area contributed by atoms with Crippen molar-refractivity contribution in [1.82, 2.24) is 10.3 Å². The Kier molecular flexibility index (Phi) is 5.49. The Morgan fingerprint density at radius 2 is 2.05 bits per heavy atom. The Hall–Kier alpha value is -2.11. The number of aromatic amines is 1. The Labute approximate surface area is 117 Å². The highest BCUT2D eigenvalue weighted by Crippen LogP contribution is 2.07. The van der Waals surface area contributed by atoms with Gasteiger partial charge in [0.05, 0.1) is 6.42 Å². The van der Waals surface area contributed by atoms with E-state index in [4.69, 9.17) is 5.11 Å². The minimum absolute atomic E-state index is 0.0436. The summed E-state index contributed by atoms with van der Waals surface area (Å²) < 4.78 is 0. The lowest BCUT2D eigenvalue weighted by molar-refractivity contribution is -0.137. The molecule has 3 N–H and O–H groups in total. The number of hydrogen-bond acceptors (Lipinski definition) is 3. The molecule has 1 amide bonds. The third-order valence-corrected chi connectivity index (χ3v) is 2.99. The first-order valence-corrected chi connectivity index (χ1v) is 6.58. The summed E-state index contributed by atoms with van der Waals surface area (Å²) in [5.41, 5.74) is 0.849. The second kappa shape index (κ2) is 6.88. The van der Waals surface area contributed by atoms with Crippen LogP contribution in [0, 0.1) is 13.8 Å². The molecule has 0 aromatic carbocycles. The zero-order valence-corrected chi connectivity index (χ0v) is 11.9. The predicted octanol–water partition coefficient (Wildman–Crippen LogP) is 1.36. The lowest BCUT2D eigenvalue weighted by atomic mass is 10.1. The number of H-pyrrole nitrogens is 1. The van der Waals surface area contributed by atoms with Crippen LogP contribution in [-0.4, -0.2) is 28.0 Å². The molecule has 0 aliphatic carbocycles. The van der Waals surface area contributed by atoms with Gasteiger partial charge in [-0.15, -0.1) is 0 Å². The fourth-order valence-corrected chi connectivity index (χ4v) is 2.18. The topological polar surface area (TPSA) is 99.3 Å². The number of carboxylic acids is 1. The van der Waals surface area contributed by atoms with Gasteiger partial charge in [-0.25, -0.2) is 0 Å². The number of aliphatic carboxylic acids is 1. The number of carbonyl (C=O) groups excluding carboxylic acids is 1. The van der Waals surface area contributed by atoms with E-state index in [2.05, 4.69) is 10.3 Å². The van der Waals surface area contributed by atoms with E-state index in [1.165, 1.54) is 0 Å². The van der Waals surface area contributed by atoms with E-state index in [-0.39, 0.29) is 12.0 Å². The molecule has 0 aliphatic rings. The highest BCUT2D eigenvalue weighted by atomic mass is 16.4. The number of nitrogens with one attached hydrogen (secondary N) is 2. The van der Waals surface area contributed by atoms with Crippen LogP contribution in [0.5, 0.6) is 0 Å². The van der Waals surface area contributed by atoms with Gasteiger partial charge in [-0.05, 0) is 31.9 Å². The van der Waals surface area contributed by atoms with E-state index >= 15 is 0 Å². The molecule has 0 fully saturated rings. The number of carbonyl (C=O) groups is 2. The Morgan fingerprint density at radius 3 is 2.55 bits per heavy atom.